The first-order valence-electron chi connectivity index (χ1n) is 10.8. The molecule has 156 valence electrons. The fraction of sp³-hybridized carbons (Fsp3) is 0.905. The zero-order valence-electron chi connectivity index (χ0n) is 17.1. The van der Waals surface area contributed by atoms with Gasteiger partial charge in [-0.2, -0.15) is 8.42 Å². The van der Waals surface area contributed by atoms with Gasteiger partial charge in [0.15, 0.2) is 0 Å². The van der Waals surface area contributed by atoms with Crippen LogP contribution in [0.3, 0.4) is 0 Å². The minimum atomic E-state index is -3.84. The van der Waals surface area contributed by atoms with Crippen LogP contribution in [0.2, 0.25) is 0 Å². The van der Waals surface area contributed by atoms with E-state index in [1.165, 1.54) is 89.5 Å². The summed E-state index contributed by atoms with van der Waals surface area (Å²) in [5.74, 6) is 0. The van der Waals surface area contributed by atoms with Crippen molar-refractivity contribution in [3.05, 3.63) is 12.7 Å². The van der Waals surface area contributed by atoms with E-state index in [0.29, 0.717) is 0 Å². The maximum atomic E-state index is 11.3. The molecule has 0 N–H and O–H groups in total. The maximum Gasteiger partial charge on any atom is 0.400 e. The lowest BCUT2D eigenvalue weighted by Gasteiger charge is -2.05. The van der Waals surface area contributed by atoms with Gasteiger partial charge in [-0.3, -0.25) is 0 Å². The lowest BCUT2D eigenvalue weighted by molar-refractivity contribution is 0.225. The third-order valence-corrected chi connectivity index (χ3v) is 5.44. The average molecular weight is 391 g/mol. The van der Waals surface area contributed by atoms with Gasteiger partial charge in [0, 0.05) is 0 Å². The Bertz CT molecular complexity index is 393. The molecular formula is C21H42O4S. The molecule has 0 amide bonds. The lowest BCUT2D eigenvalue weighted by atomic mass is 10.0. The van der Waals surface area contributed by atoms with E-state index in [0.717, 1.165) is 19.3 Å². The van der Waals surface area contributed by atoms with Crippen LogP contribution in [0, 0.1) is 0 Å². The fourth-order valence-electron chi connectivity index (χ4n) is 2.98. The van der Waals surface area contributed by atoms with Gasteiger partial charge in [0.2, 0.25) is 0 Å². The summed E-state index contributed by atoms with van der Waals surface area (Å²) in [4.78, 5) is 0. The fourth-order valence-corrected chi connectivity index (χ4v) is 3.63. The van der Waals surface area contributed by atoms with E-state index in [1.54, 1.807) is 0 Å². The summed E-state index contributed by atoms with van der Waals surface area (Å²) in [7, 11) is -3.84. The minimum Gasteiger partial charge on any atom is -0.248 e. The summed E-state index contributed by atoms with van der Waals surface area (Å²) in [6.45, 7) is 5.83. The number of hydrogen-bond donors (Lipinski definition) is 0. The molecule has 0 bridgehead atoms. The molecule has 0 saturated carbocycles. The molecule has 0 saturated heterocycles. The molecule has 26 heavy (non-hydrogen) atoms. The average Bonchev–Trinajstić information content (AvgIpc) is 2.62. The van der Waals surface area contributed by atoms with Crippen molar-refractivity contribution in [2.75, 3.05) is 13.2 Å². The quantitative estimate of drug-likeness (QED) is 0.161. The van der Waals surface area contributed by atoms with Crippen LogP contribution in [0.25, 0.3) is 0 Å². The molecule has 0 aliphatic carbocycles. The van der Waals surface area contributed by atoms with E-state index >= 15 is 0 Å². The summed E-state index contributed by atoms with van der Waals surface area (Å²) in [5.41, 5.74) is 0. The van der Waals surface area contributed by atoms with Crippen molar-refractivity contribution < 1.29 is 16.8 Å². The van der Waals surface area contributed by atoms with Crippen LogP contribution in [-0.4, -0.2) is 21.6 Å². The van der Waals surface area contributed by atoms with E-state index in [-0.39, 0.29) is 13.2 Å². The van der Waals surface area contributed by atoms with Crippen LogP contribution in [0.15, 0.2) is 12.7 Å². The van der Waals surface area contributed by atoms with Gasteiger partial charge < -0.3 is 0 Å². The van der Waals surface area contributed by atoms with Crippen molar-refractivity contribution in [2.45, 2.75) is 110 Å². The Balaban J connectivity index is 3.17. The second kappa shape index (κ2) is 19.4. The largest absolute Gasteiger partial charge is 0.400 e. The van der Waals surface area contributed by atoms with E-state index in [1.807, 2.05) is 0 Å². The summed E-state index contributed by atoms with van der Waals surface area (Å²) in [5, 5.41) is 0. The highest BCUT2D eigenvalue weighted by Gasteiger charge is 2.09. The molecule has 5 heteroatoms. The van der Waals surface area contributed by atoms with Crippen molar-refractivity contribution in [1.82, 2.24) is 0 Å². The molecule has 0 aliphatic heterocycles. The Hall–Kier alpha value is -0.390. The molecule has 0 rings (SSSR count). The molecule has 0 radical (unpaired) electrons. The van der Waals surface area contributed by atoms with E-state index in [2.05, 4.69) is 17.7 Å². The summed E-state index contributed by atoms with van der Waals surface area (Å²) < 4.78 is 31.8. The van der Waals surface area contributed by atoms with Crippen molar-refractivity contribution in [3.63, 3.8) is 0 Å². The second-order valence-electron chi connectivity index (χ2n) is 7.11. The standard InChI is InChI=1S/C21H42O4S/c1-3-5-6-7-8-9-10-11-12-13-14-15-16-17-18-19-21-25-26(22,23)24-20-4-2/h4H,2-3,5-21H2,1H3. The summed E-state index contributed by atoms with van der Waals surface area (Å²) in [6, 6.07) is 0. The molecule has 0 heterocycles. The molecule has 0 unspecified atom stereocenters. The van der Waals surface area contributed by atoms with Crippen molar-refractivity contribution in [1.29, 1.82) is 0 Å². The number of hydrogen-bond acceptors (Lipinski definition) is 4. The van der Waals surface area contributed by atoms with E-state index in [4.69, 9.17) is 4.18 Å². The molecule has 0 atom stereocenters. The molecule has 0 spiro atoms. The van der Waals surface area contributed by atoms with Crippen molar-refractivity contribution in [2.24, 2.45) is 0 Å². The Morgan fingerprint density at radius 3 is 1.42 bits per heavy atom. The van der Waals surface area contributed by atoms with Gasteiger partial charge in [0.1, 0.15) is 0 Å². The van der Waals surface area contributed by atoms with Gasteiger partial charge in [-0.1, -0.05) is 109 Å². The molecule has 0 aromatic heterocycles. The van der Waals surface area contributed by atoms with Crippen LogP contribution in [-0.2, 0) is 18.8 Å². The maximum absolute atomic E-state index is 11.3. The van der Waals surface area contributed by atoms with Crippen LogP contribution in [0.5, 0.6) is 0 Å². The second-order valence-corrected chi connectivity index (χ2v) is 8.39. The van der Waals surface area contributed by atoms with Crippen molar-refractivity contribution in [3.8, 4) is 0 Å². The van der Waals surface area contributed by atoms with Gasteiger partial charge in [0.05, 0.1) is 13.2 Å². The predicted octanol–water partition coefficient (Wildman–Crippen LogP) is 6.71. The number of unbranched alkanes of at least 4 members (excludes halogenated alkanes) is 15. The Morgan fingerprint density at radius 2 is 1.04 bits per heavy atom. The monoisotopic (exact) mass is 390 g/mol. The Labute approximate surface area is 163 Å². The number of rotatable bonds is 21. The van der Waals surface area contributed by atoms with Gasteiger partial charge >= 0.3 is 10.4 Å². The van der Waals surface area contributed by atoms with E-state index < -0.39 is 10.4 Å². The van der Waals surface area contributed by atoms with Crippen LogP contribution in [0.4, 0.5) is 0 Å². The topological polar surface area (TPSA) is 52.6 Å². The van der Waals surface area contributed by atoms with Crippen LogP contribution < -0.4 is 0 Å². The van der Waals surface area contributed by atoms with Crippen LogP contribution >= 0.6 is 0 Å². The predicted molar refractivity (Wildman–Crippen MR) is 111 cm³/mol. The SMILES string of the molecule is C=CCOS(=O)(=O)OCCCCCCCCCCCCCCCCCC. The first kappa shape index (κ1) is 25.6. The highest BCUT2D eigenvalue weighted by molar-refractivity contribution is 7.81. The molecule has 0 aromatic rings. The first-order chi connectivity index (χ1) is 12.6. The molecule has 0 aromatic carbocycles. The highest BCUT2D eigenvalue weighted by atomic mass is 32.3. The van der Waals surface area contributed by atoms with Gasteiger partial charge in [0.25, 0.3) is 0 Å². The van der Waals surface area contributed by atoms with Crippen molar-refractivity contribution >= 4 is 10.4 Å². The first-order valence-corrected chi connectivity index (χ1v) is 12.1. The zero-order valence-corrected chi connectivity index (χ0v) is 17.9. The molecule has 0 aliphatic rings. The third kappa shape index (κ3) is 19.9. The van der Waals surface area contributed by atoms with E-state index in [9.17, 15) is 8.42 Å². The summed E-state index contributed by atoms with van der Waals surface area (Å²) >= 11 is 0. The van der Waals surface area contributed by atoms with Gasteiger partial charge in [-0.05, 0) is 6.42 Å². The smallest absolute Gasteiger partial charge is 0.248 e. The third-order valence-electron chi connectivity index (χ3n) is 4.56. The van der Waals surface area contributed by atoms with Gasteiger partial charge in [-0.15, -0.1) is 6.58 Å². The highest BCUT2D eigenvalue weighted by Crippen LogP contribution is 2.13. The molecule has 4 nitrogen and oxygen atoms in total. The van der Waals surface area contributed by atoms with Crippen LogP contribution in [0.1, 0.15) is 110 Å². The summed E-state index contributed by atoms with van der Waals surface area (Å²) in [6.07, 6.45) is 22.1. The van der Waals surface area contributed by atoms with Gasteiger partial charge in [-0.25, -0.2) is 8.37 Å². The Kier molecular flexibility index (Phi) is 19.1. The zero-order chi connectivity index (χ0) is 19.3. The normalized spacial score (nSPS) is 11.7. The minimum absolute atomic E-state index is 0.0404. The Morgan fingerprint density at radius 1 is 0.654 bits per heavy atom. The molecule has 0 fully saturated rings. The molecular weight excluding hydrogens is 348 g/mol. The lowest BCUT2D eigenvalue weighted by Crippen LogP contribution is -2.11.